The van der Waals surface area contributed by atoms with Gasteiger partial charge in [-0.05, 0) is 54.1 Å². The zero-order chi connectivity index (χ0) is 22.1. The van der Waals surface area contributed by atoms with Crippen molar-refractivity contribution in [3.63, 3.8) is 0 Å². The van der Waals surface area contributed by atoms with Gasteiger partial charge in [-0.15, -0.1) is 0 Å². The van der Waals surface area contributed by atoms with Gasteiger partial charge in [-0.2, -0.15) is 0 Å². The van der Waals surface area contributed by atoms with E-state index in [1.165, 1.54) is 21.9 Å². The van der Waals surface area contributed by atoms with E-state index in [0.717, 1.165) is 10.2 Å². The zero-order valence-electron chi connectivity index (χ0n) is 17.1. The molecule has 2 amide bonds. The first-order chi connectivity index (χ1) is 14.9. The molecule has 0 aliphatic carbocycles. The van der Waals surface area contributed by atoms with Crippen molar-refractivity contribution in [3.05, 3.63) is 88.6 Å². The molecule has 7 heteroatoms. The van der Waals surface area contributed by atoms with Gasteiger partial charge in [-0.3, -0.25) is 19.4 Å². The average molecular weight is 482 g/mol. The van der Waals surface area contributed by atoms with E-state index >= 15 is 0 Å². The monoisotopic (exact) mass is 481 g/mol. The predicted octanol–water partition coefficient (Wildman–Crippen LogP) is 4.78. The third-order valence-electron chi connectivity index (χ3n) is 5.29. The maximum absolute atomic E-state index is 14.5. The quantitative estimate of drug-likeness (QED) is 0.538. The second-order valence-corrected chi connectivity index (χ2v) is 8.42. The van der Waals surface area contributed by atoms with Gasteiger partial charge in [0.05, 0.1) is 5.69 Å². The van der Waals surface area contributed by atoms with E-state index in [1.54, 1.807) is 24.3 Å². The number of nitrogens with zero attached hydrogens (tertiary/aromatic N) is 3. The SMILES string of the molecule is CN(C)c1ccc([C@@H]2C(=O)N(c3ccccc3F)CC(=O)N2c2ccc(Br)cc2)cc1. The summed E-state index contributed by atoms with van der Waals surface area (Å²) in [5.41, 5.74) is 2.34. The number of benzene rings is 3. The van der Waals surface area contributed by atoms with Gasteiger partial charge in [0, 0.05) is 29.9 Å². The summed E-state index contributed by atoms with van der Waals surface area (Å²) in [7, 11) is 3.86. The van der Waals surface area contributed by atoms with Crippen LogP contribution in [0.4, 0.5) is 21.5 Å². The van der Waals surface area contributed by atoms with Gasteiger partial charge >= 0.3 is 0 Å². The Labute approximate surface area is 188 Å². The molecule has 0 bridgehead atoms. The van der Waals surface area contributed by atoms with E-state index in [-0.39, 0.29) is 24.0 Å². The van der Waals surface area contributed by atoms with Gasteiger partial charge in [0.1, 0.15) is 18.4 Å². The van der Waals surface area contributed by atoms with Gasteiger partial charge < -0.3 is 4.90 Å². The highest BCUT2D eigenvalue weighted by Gasteiger charge is 2.42. The summed E-state index contributed by atoms with van der Waals surface area (Å²) in [5.74, 6) is -1.18. The first-order valence-electron chi connectivity index (χ1n) is 9.77. The van der Waals surface area contributed by atoms with Crippen molar-refractivity contribution in [2.75, 3.05) is 35.3 Å². The fraction of sp³-hybridized carbons (Fsp3) is 0.167. The lowest BCUT2D eigenvalue weighted by atomic mass is 9.99. The van der Waals surface area contributed by atoms with Crippen LogP contribution in [-0.2, 0) is 9.59 Å². The number of amides is 2. The molecule has 1 atom stereocenters. The van der Waals surface area contributed by atoms with Crippen LogP contribution in [0.15, 0.2) is 77.3 Å². The lowest BCUT2D eigenvalue weighted by molar-refractivity contribution is -0.128. The van der Waals surface area contributed by atoms with Gasteiger partial charge in [-0.1, -0.05) is 40.2 Å². The molecule has 0 N–H and O–H groups in total. The van der Waals surface area contributed by atoms with Crippen molar-refractivity contribution >= 4 is 44.8 Å². The molecule has 31 heavy (non-hydrogen) atoms. The highest BCUT2D eigenvalue weighted by atomic mass is 79.9. The molecule has 1 saturated heterocycles. The lowest BCUT2D eigenvalue weighted by Gasteiger charge is -2.40. The van der Waals surface area contributed by atoms with Crippen LogP contribution in [0.5, 0.6) is 0 Å². The molecule has 1 fully saturated rings. The van der Waals surface area contributed by atoms with Gasteiger partial charge in [0.2, 0.25) is 5.91 Å². The Bertz CT molecular complexity index is 1120. The number of rotatable bonds is 4. The van der Waals surface area contributed by atoms with Crippen molar-refractivity contribution in [2.45, 2.75) is 6.04 Å². The molecule has 0 spiro atoms. The second kappa shape index (κ2) is 8.51. The number of piperazine rings is 1. The third kappa shape index (κ3) is 4.05. The summed E-state index contributed by atoms with van der Waals surface area (Å²) in [5, 5.41) is 0. The number of para-hydroxylation sites is 1. The Kier molecular flexibility index (Phi) is 5.78. The minimum absolute atomic E-state index is 0.103. The summed E-state index contributed by atoms with van der Waals surface area (Å²) in [4.78, 5) is 31.6. The first-order valence-corrected chi connectivity index (χ1v) is 10.6. The fourth-order valence-electron chi connectivity index (χ4n) is 3.71. The Morgan fingerprint density at radius 3 is 2.19 bits per heavy atom. The first kappa shape index (κ1) is 21.1. The minimum Gasteiger partial charge on any atom is -0.378 e. The topological polar surface area (TPSA) is 43.9 Å². The highest BCUT2D eigenvalue weighted by molar-refractivity contribution is 9.10. The number of halogens is 2. The Balaban J connectivity index is 1.81. The fourth-order valence-corrected chi connectivity index (χ4v) is 3.97. The van der Waals surface area contributed by atoms with E-state index < -0.39 is 11.9 Å². The molecule has 0 saturated carbocycles. The number of carbonyl (C=O) groups is 2. The molecule has 1 aliphatic heterocycles. The molecule has 0 aromatic heterocycles. The zero-order valence-corrected chi connectivity index (χ0v) is 18.7. The van der Waals surface area contributed by atoms with E-state index in [9.17, 15) is 14.0 Å². The van der Waals surface area contributed by atoms with Crippen molar-refractivity contribution in [2.24, 2.45) is 0 Å². The standard InChI is InChI=1S/C24H21BrFN3O2/c1-27(2)18-11-7-16(8-12-18)23-24(31)28(21-6-4-3-5-20(21)26)15-22(30)29(23)19-13-9-17(25)10-14-19/h3-14,23H,15H2,1-2H3/t23-/m1/s1. The van der Waals surface area contributed by atoms with Crippen LogP contribution in [0.3, 0.4) is 0 Å². The van der Waals surface area contributed by atoms with Crippen molar-refractivity contribution < 1.29 is 14.0 Å². The van der Waals surface area contributed by atoms with Crippen LogP contribution in [0.1, 0.15) is 11.6 Å². The summed E-state index contributed by atoms with van der Waals surface area (Å²) >= 11 is 3.40. The van der Waals surface area contributed by atoms with Gasteiger partial charge in [0.15, 0.2) is 0 Å². The van der Waals surface area contributed by atoms with Crippen molar-refractivity contribution in [3.8, 4) is 0 Å². The maximum Gasteiger partial charge on any atom is 0.255 e. The normalized spacial score (nSPS) is 16.6. The molecule has 5 nitrogen and oxygen atoms in total. The average Bonchev–Trinajstić information content (AvgIpc) is 2.76. The molecule has 1 heterocycles. The van der Waals surface area contributed by atoms with E-state index in [1.807, 2.05) is 55.4 Å². The predicted molar refractivity (Wildman–Crippen MR) is 124 cm³/mol. The van der Waals surface area contributed by atoms with Crippen molar-refractivity contribution in [1.82, 2.24) is 0 Å². The summed E-state index contributed by atoms with van der Waals surface area (Å²) in [6, 6.07) is 19.8. The van der Waals surface area contributed by atoms with E-state index in [2.05, 4.69) is 15.9 Å². The summed E-state index contributed by atoms with van der Waals surface area (Å²) in [6.07, 6.45) is 0. The van der Waals surface area contributed by atoms with Crippen LogP contribution in [-0.4, -0.2) is 32.5 Å². The third-order valence-corrected chi connectivity index (χ3v) is 5.82. The minimum atomic E-state index is -0.904. The molecule has 3 aromatic rings. The largest absolute Gasteiger partial charge is 0.378 e. The molecule has 0 radical (unpaired) electrons. The molecule has 0 unspecified atom stereocenters. The van der Waals surface area contributed by atoms with Crippen molar-refractivity contribution in [1.29, 1.82) is 0 Å². The molecule has 1 aliphatic rings. The van der Waals surface area contributed by atoms with Gasteiger partial charge in [0.25, 0.3) is 5.91 Å². The summed E-state index contributed by atoms with van der Waals surface area (Å²) < 4.78 is 15.3. The lowest BCUT2D eigenvalue weighted by Crippen LogP contribution is -2.56. The molecular formula is C24H21BrFN3O2. The summed E-state index contributed by atoms with van der Waals surface area (Å²) in [6.45, 7) is -0.234. The Morgan fingerprint density at radius 2 is 1.58 bits per heavy atom. The van der Waals surface area contributed by atoms with E-state index in [4.69, 9.17) is 0 Å². The number of hydrogen-bond donors (Lipinski definition) is 0. The second-order valence-electron chi connectivity index (χ2n) is 7.50. The molecular weight excluding hydrogens is 461 g/mol. The molecule has 3 aromatic carbocycles. The number of carbonyl (C=O) groups excluding carboxylic acids is 2. The maximum atomic E-state index is 14.5. The smallest absolute Gasteiger partial charge is 0.255 e. The molecule has 158 valence electrons. The van der Waals surface area contributed by atoms with Crippen LogP contribution in [0.2, 0.25) is 0 Å². The number of hydrogen-bond acceptors (Lipinski definition) is 3. The number of anilines is 3. The van der Waals surface area contributed by atoms with E-state index in [0.29, 0.717) is 11.3 Å². The van der Waals surface area contributed by atoms with Gasteiger partial charge in [-0.25, -0.2) is 4.39 Å². The van der Waals surface area contributed by atoms with Crippen LogP contribution in [0.25, 0.3) is 0 Å². The Hall–Kier alpha value is -3.19. The highest BCUT2D eigenvalue weighted by Crippen LogP contribution is 2.36. The van der Waals surface area contributed by atoms with Crippen LogP contribution >= 0.6 is 15.9 Å². The Morgan fingerprint density at radius 1 is 0.935 bits per heavy atom. The van der Waals surface area contributed by atoms with Crippen LogP contribution in [0, 0.1) is 5.82 Å². The molecule has 4 rings (SSSR count). The van der Waals surface area contributed by atoms with Crippen LogP contribution < -0.4 is 14.7 Å².